The molecule has 0 heterocycles. The molecule has 3 N–H and O–H groups in total. The van der Waals surface area contributed by atoms with Gasteiger partial charge in [-0.1, -0.05) is 12.8 Å². The zero-order chi connectivity index (χ0) is 6.69. The molecule has 0 aromatic heterocycles. The summed E-state index contributed by atoms with van der Waals surface area (Å²) in [5.74, 6) is 0.947. The molecule has 0 aromatic carbocycles. The molecule has 0 saturated heterocycles. The Hall–Kier alpha value is 0.210. The van der Waals surface area contributed by atoms with E-state index in [-0.39, 0.29) is 25.1 Å². The first kappa shape index (κ1) is 10.2. The molecular weight excluding hydrogens is 150 g/mol. The van der Waals surface area contributed by atoms with Gasteiger partial charge in [0.2, 0.25) is 0 Å². The number of hydrogen-bond acceptors (Lipinski definition) is 2. The highest BCUT2D eigenvalue weighted by Gasteiger charge is 2.21. The summed E-state index contributed by atoms with van der Waals surface area (Å²) in [6.45, 7) is 0.146. The summed E-state index contributed by atoms with van der Waals surface area (Å²) in [7, 11) is 0. The van der Waals surface area contributed by atoms with Crippen molar-refractivity contribution in [1.29, 1.82) is 0 Å². The summed E-state index contributed by atoms with van der Waals surface area (Å²) in [5, 5.41) is 8.54. The third kappa shape index (κ3) is 4.09. The molecule has 0 unspecified atom stereocenters. The van der Waals surface area contributed by atoms with Crippen molar-refractivity contribution in [1.82, 2.24) is 0 Å². The molecule has 1 aliphatic carbocycles. The van der Waals surface area contributed by atoms with E-state index in [1.165, 1.54) is 19.3 Å². The van der Waals surface area contributed by atoms with Gasteiger partial charge in [-0.15, -0.1) is 12.4 Å². The van der Waals surface area contributed by atoms with Crippen LogP contribution < -0.4 is 5.73 Å². The van der Waals surface area contributed by atoms with Gasteiger partial charge in [0.05, 0.1) is 6.61 Å². The van der Waals surface area contributed by atoms with Crippen LogP contribution in [0.1, 0.15) is 25.7 Å². The van der Waals surface area contributed by atoms with Gasteiger partial charge in [0.15, 0.2) is 0 Å². The normalized spacial score (nSPS) is 19.8. The topological polar surface area (TPSA) is 46.2 Å². The summed E-state index contributed by atoms with van der Waals surface area (Å²) in [6, 6.07) is 0.0330. The van der Waals surface area contributed by atoms with E-state index in [0.717, 1.165) is 12.3 Å². The number of aliphatic hydroxyl groups excluding tert-OH is 1. The lowest BCUT2D eigenvalue weighted by atomic mass is 10.1. The molecule has 0 aromatic rings. The maximum absolute atomic E-state index is 8.54. The Kier molecular flexibility index (Phi) is 5.04. The molecule has 62 valence electrons. The molecule has 0 aliphatic heterocycles. The second-order valence-electron chi connectivity index (χ2n) is 2.96. The predicted octanol–water partition coefficient (Wildman–Crippen LogP) is 0.918. The zero-order valence-corrected chi connectivity index (χ0v) is 6.94. The van der Waals surface area contributed by atoms with E-state index in [4.69, 9.17) is 10.8 Å². The van der Waals surface area contributed by atoms with E-state index < -0.39 is 0 Å². The summed E-state index contributed by atoms with van der Waals surface area (Å²) >= 11 is 0. The van der Waals surface area contributed by atoms with Crippen molar-refractivity contribution in [3.63, 3.8) is 0 Å². The minimum absolute atomic E-state index is 0. The monoisotopic (exact) mass is 165 g/mol. The Morgan fingerprint density at radius 1 is 1.50 bits per heavy atom. The van der Waals surface area contributed by atoms with Gasteiger partial charge >= 0.3 is 0 Å². The smallest absolute Gasteiger partial charge is 0.0582 e. The first-order valence-electron chi connectivity index (χ1n) is 3.69. The van der Waals surface area contributed by atoms with Crippen molar-refractivity contribution in [2.75, 3.05) is 6.61 Å². The zero-order valence-electron chi connectivity index (χ0n) is 6.12. The average Bonchev–Trinajstić information content (AvgIpc) is 2.65. The van der Waals surface area contributed by atoms with Crippen LogP contribution in [0.15, 0.2) is 0 Å². The van der Waals surface area contributed by atoms with Crippen LogP contribution in [0.3, 0.4) is 0 Å². The van der Waals surface area contributed by atoms with Crippen LogP contribution in [0.5, 0.6) is 0 Å². The van der Waals surface area contributed by atoms with Crippen molar-refractivity contribution >= 4 is 12.4 Å². The van der Waals surface area contributed by atoms with E-state index in [2.05, 4.69) is 0 Å². The van der Waals surface area contributed by atoms with E-state index in [1.54, 1.807) is 0 Å². The second-order valence-corrected chi connectivity index (χ2v) is 2.96. The molecule has 3 heteroatoms. The molecular formula is C7H16ClNO. The van der Waals surface area contributed by atoms with Gasteiger partial charge in [0.25, 0.3) is 0 Å². The summed E-state index contributed by atoms with van der Waals surface area (Å²) in [4.78, 5) is 0. The van der Waals surface area contributed by atoms with Crippen LogP contribution in [0.4, 0.5) is 0 Å². The number of aliphatic hydroxyl groups is 1. The Labute approximate surface area is 68.2 Å². The highest BCUT2D eigenvalue weighted by atomic mass is 35.5. The highest BCUT2D eigenvalue weighted by Crippen LogP contribution is 2.33. The number of halogens is 1. The van der Waals surface area contributed by atoms with Crippen molar-refractivity contribution in [2.24, 2.45) is 11.7 Å². The van der Waals surface area contributed by atoms with Gasteiger partial charge in [-0.3, -0.25) is 0 Å². The highest BCUT2D eigenvalue weighted by molar-refractivity contribution is 5.85. The van der Waals surface area contributed by atoms with E-state index in [9.17, 15) is 0 Å². The average molecular weight is 166 g/mol. The minimum atomic E-state index is 0. The molecule has 2 nitrogen and oxygen atoms in total. The summed E-state index contributed by atoms with van der Waals surface area (Å²) in [5.41, 5.74) is 5.50. The van der Waals surface area contributed by atoms with Crippen LogP contribution in [0.25, 0.3) is 0 Å². The standard InChI is InChI=1S/C7H15NO.ClH/c8-7(5-9)4-3-6-1-2-6;/h6-7,9H,1-5,8H2;1H/t7-;/m1./s1. The Morgan fingerprint density at radius 2 is 2.10 bits per heavy atom. The molecule has 0 spiro atoms. The van der Waals surface area contributed by atoms with Gasteiger partial charge in [0, 0.05) is 6.04 Å². The Bertz CT molecular complexity index is 85.7. The molecule has 1 aliphatic rings. The van der Waals surface area contributed by atoms with Crippen LogP contribution in [0.2, 0.25) is 0 Å². The number of hydrogen-bond donors (Lipinski definition) is 2. The minimum Gasteiger partial charge on any atom is -0.395 e. The molecule has 0 amide bonds. The van der Waals surface area contributed by atoms with Gasteiger partial charge in [-0.2, -0.15) is 0 Å². The molecule has 1 saturated carbocycles. The molecule has 0 bridgehead atoms. The van der Waals surface area contributed by atoms with Crippen LogP contribution in [-0.2, 0) is 0 Å². The van der Waals surface area contributed by atoms with E-state index in [1.807, 2.05) is 0 Å². The second kappa shape index (κ2) is 4.94. The van der Waals surface area contributed by atoms with Crippen molar-refractivity contribution in [3.8, 4) is 0 Å². The molecule has 1 atom stereocenters. The third-order valence-electron chi connectivity index (χ3n) is 1.88. The van der Waals surface area contributed by atoms with Crippen molar-refractivity contribution in [2.45, 2.75) is 31.7 Å². The predicted molar refractivity (Wildman–Crippen MR) is 44.3 cm³/mol. The van der Waals surface area contributed by atoms with Crippen LogP contribution >= 0.6 is 12.4 Å². The maximum Gasteiger partial charge on any atom is 0.0582 e. The quantitative estimate of drug-likeness (QED) is 0.651. The SMILES string of the molecule is Cl.N[C@@H](CO)CCC1CC1. The lowest BCUT2D eigenvalue weighted by Gasteiger charge is -2.05. The summed E-state index contributed by atoms with van der Waals surface area (Å²) < 4.78 is 0. The fourth-order valence-corrected chi connectivity index (χ4v) is 0.948. The van der Waals surface area contributed by atoms with Gasteiger partial charge in [-0.25, -0.2) is 0 Å². The lowest BCUT2D eigenvalue weighted by molar-refractivity contribution is 0.257. The maximum atomic E-state index is 8.54. The first-order valence-corrected chi connectivity index (χ1v) is 3.69. The van der Waals surface area contributed by atoms with Gasteiger partial charge in [0.1, 0.15) is 0 Å². The Morgan fingerprint density at radius 3 is 2.50 bits per heavy atom. The van der Waals surface area contributed by atoms with Gasteiger partial charge in [-0.05, 0) is 18.8 Å². The van der Waals surface area contributed by atoms with E-state index in [0.29, 0.717) is 0 Å². The number of nitrogens with two attached hydrogens (primary N) is 1. The van der Waals surface area contributed by atoms with E-state index >= 15 is 0 Å². The fourth-order valence-electron chi connectivity index (χ4n) is 0.948. The molecule has 1 rings (SSSR count). The van der Waals surface area contributed by atoms with Crippen molar-refractivity contribution < 1.29 is 5.11 Å². The van der Waals surface area contributed by atoms with Gasteiger partial charge < -0.3 is 10.8 Å². The molecule has 0 radical (unpaired) electrons. The van der Waals surface area contributed by atoms with Crippen molar-refractivity contribution in [3.05, 3.63) is 0 Å². The van der Waals surface area contributed by atoms with Crippen LogP contribution in [-0.4, -0.2) is 17.8 Å². The Balaban J connectivity index is 0.000000810. The summed E-state index contributed by atoms with van der Waals surface area (Å²) in [6.07, 6.45) is 5.00. The largest absolute Gasteiger partial charge is 0.395 e. The lowest BCUT2D eigenvalue weighted by Crippen LogP contribution is -2.24. The fraction of sp³-hybridized carbons (Fsp3) is 1.00. The van der Waals surface area contributed by atoms with Crippen LogP contribution in [0, 0.1) is 5.92 Å². The molecule has 10 heavy (non-hydrogen) atoms. The number of rotatable bonds is 4. The first-order chi connectivity index (χ1) is 4.33. The molecule has 1 fully saturated rings. The third-order valence-corrected chi connectivity index (χ3v) is 1.88.